The Morgan fingerprint density at radius 1 is 1.30 bits per heavy atom. The lowest BCUT2D eigenvalue weighted by Gasteiger charge is -2.04. The summed E-state index contributed by atoms with van der Waals surface area (Å²) < 4.78 is 0. The molecule has 0 aliphatic rings. The van der Waals surface area contributed by atoms with Crippen molar-refractivity contribution in [2.24, 2.45) is 0 Å². The molecular weight excluding hydrogens is 272 g/mol. The van der Waals surface area contributed by atoms with Crippen LogP contribution in [0.15, 0.2) is 29.8 Å². The molecule has 0 unspecified atom stereocenters. The van der Waals surface area contributed by atoms with Gasteiger partial charge in [0.1, 0.15) is 11.6 Å². The standard InChI is InChI=1S/C16H19ClN2O/c1-2-3-4-5-10-19-16(20)14(12-18)11-13-6-8-15(17)9-7-13/h6-9,11H,2-5,10H2,1H3,(H,19,20)/b14-11+. The van der Waals surface area contributed by atoms with Crippen LogP contribution in [0.2, 0.25) is 5.02 Å². The van der Waals surface area contributed by atoms with Gasteiger partial charge in [0.2, 0.25) is 0 Å². The molecule has 0 fully saturated rings. The second kappa shape index (κ2) is 9.17. The van der Waals surface area contributed by atoms with Crippen LogP contribution in [0.3, 0.4) is 0 Å². The normalized spacial score (nSPS) is 10.9. The highest BCUT2D eigenvalue weighted by atomic mass is 35.5. The largest absolute Gasteiger partial charge is 0.351 e. The summed E-state index contributed by atoms with van der Waals surface area (Å²) in [6, 6.07) is 8.93. The Hall–Kier alpha value is -1.79. The molecule has 20 heavy (non-hydrogen) atoms. The van der Waals surface area contributed by atoms with Gasteiger partial charge in [-0.05, 0) is 30.2 Å². The minimum atomic E-state index is -0.320. The zero-order valence-electron chi connectivity index (χ0n) is 11.7. The first-order valence-electron chi connectivity index (χ1n) is 6.83. The van der Waals surface area contributed by atoms with E-state index in [2.05, 4.69) is 12.2 Å². The number of amides is 1. The molecule has 0 saturated carbocycles. The molecule has 1 aromatic rings. The van der Waals surface area contributed by atoms with Crippen molar-refractivity contribution in [3.8, 4) is 6.07 Å². The second-order valence-corrected chi connectivity index (χ2v) is 4.97. The lowest BCUT2D eigenvalue weighted by atomic mass is 10.1. The number of carbonyl (C=O) groups is 1. The zero-order valence-corrected chi connectivity index (χ0v) is 12.4. The van der Waals surface area contributed by atoms with Crippen molar-refractivity contribution in [2.45, 2.75) is 32.6 Å². The van der Waals surface area contributed by atoms with Crippen LogP contribution in [0.25, 0.3) is 6.08 Å². The van der Waals surface area contributed by atoms with Crippen LogP contribution in [-0.4, -0.2) is 12.5 Å². The summed E-state index contributed by atoms with van der Waals surface area (Å²) in [6.45, 7) is 2.75. The highest BCUT2D eigenvalue weighted by Crippen LogP contribution is 2.12. The van der Waals surface area contributed by atoms with E-state index in [1.54, 1.807) is 30.3 Å². The Bertz CT molecular complexity index is 500. The number of benzene rings is 1. The third-order valence-corrected chi connectivity index (χ3v) is 3.11. The van der Waals surface area contributed by atoms with Crippen molar-refractivity contribution >= 4 is 23.6 Å². The molecular formula is C16H19ClN2O. The van der Waals surface area contributed by atoms with Crippen molar-refractivity contribution in [2.75, 3.05) is 6.54 Å². The number of halogens is 1. The van der Waals surface area contributed by atoms with Crippen LogP contribution in [0, 0.1) is 11.3 Å². The molecule has 0 atom stereocenters. The molecule has 1 amide bonds. The number of nitrogens with one attached hydrogen (secondary N) is 1. The van der Waals surface area contributed by atoms with Gasteiger partial charge in [-0.25, -0.2) is 0 Å². The summed E-state index contributed by atoms with van der Waals surface area (Å²) in [7, 11) is 0. The van der Waals surface area contributed by atoms with E-state index in [0.717, 1.165) is 24.8 Å². The molecule has 0 spiro atoms. The topological polar surface area (TPSA) is 52.9 Å². The van der Waals surface area contributed by atoms with E-state index in [0.29, 0.717) is 11.6 Å². The van der Waals surface area contributed by atoms with Crippen LogP contribution in [0.5, 0.6) is 0 Å². The van der Waals surface area contributed by atoms with E-state index in [9.17, 15) is 4.79 Å². The molecule has 1 rings (SSSR count). The first-order chi connectivity index (χ1) is 9.67. The number of rotatable bonds is 7. The van der Waals surface area contributed by atoms with E-state index in [1.165, 1.54) is 6.42 Å². The number of nitrogens with zero attached hydrogens (tertiary/aromatic N) is 1. The van der Waals surface area contributed by atoms with Crippen LogP contribution in [0.4, 0.5) is 0 Å². The Labute approximate surface area is 125 Å². The van der Waals surface area contributed by atoms with Crippen molar-refractivity contribution in [1.29, 1.82) is 5.26 Å². The predicted octanol–water partition coefficient (Wildman–Crippen LogP) is 3.94. The molecule has 0 aliphatic carbocycles. The summed E-state index contributed by atoms with van der Waals surface area (Å²) >= 11 is 5.79. The third kappa shape index (κ3) is 5.90. The monoisotopic (exact) mass is 290 g/mol. The predicted molar refractivity (Wildman–Crippen MR) is 82.2 cm³/mol. The smallest absolute Gasteiger partial charge is 0.261 e. The van der Waals surface area contributed by atoms with Gasteiger partial charge in [0.05, 0.1) is 0 Å². The van der Waals surface area contributed by atoms with Crippen molar-refractivity contribution in [3.05, 3.63) is 40.4 Å². The maximum absolute atomic E-state index is 11.9. The Kier molecular flexibility index (Phi) is 7.46. The van der Waals surface area contributed by atoms with Crippen molar-refractivity contribution in [3.63, 3.8) is 0 Å². The number of hydrogen-bond acceptors (Lipinski definition) is 2. The average molecular weight is 291 g/mol. The molecule has 3 nitrogen and oxygen atoms in total. The lowest BCUT2D eigenvalue weighted by Crippen LogP contribution is -2.25. The van der Waals surface area contributed by atoms with Gasteiger partial charge in [-0.3, -0.25) is 4.79 Å². The molecule has 4 heteroatoms. The van der Waals surface area contributed by atoms with E-state index >= 15 is 0 Å². The molecule has 1 aromatic carbocycles. The fourth-order valence-corrected chi connectivity index (χ4v) is 1.85. The van der Waals surface area contributed by atoms with E-state index in [1.807, 2.05) is 6.07 Å². The Morgan fingerprint density at radius 3 is 2.60 bits per heavy atom. The highest BCUT2D eigenvalue weighted by molar-refractivity contribution is 6.30. The van der Waals surface area contributed by atoms with Gasteiger partial charge in [-0.15, -0.1) is 0 Å². The summed E-state index contributed by atoms with van der Waals surface area (Å²) in [5.41, 5.74) is 0.898. The maximum atomic E-state index is 11.9. The quantitative estimate of drug-likeness (QED) is 0.470. The number of nitriles is 1. The highest BCUT2D eigenvalue weighted by Gasteiger charge is 2.07. The van der Waals surface area contributed by atoms with Crippen LogP contribution < -0.4 is 5.32 Å². The van der Waals surface area contributed by atoms with Gasteiger partial charge >= 0.3 is 0 Å². The van der Waals surface area contributed by atoms with Crippen LogP contribution >= 0.6 is 11.6 Å². The molecule has 0 bridgehead atoms. The van der Waals surface area contributed by atoms with Gasteiger partial charge in [0.25, 0.3) is 5.91 Å². The third-order valence-electron chi connectivity index (χ3n) is 2.86. The SMILES string of the molecule is CCCCCCNC(=O)/C(C#N)=C/c1ccc(Cl)cc1. The maximum Gasteiger partial charge on any atom is 0.261 e. The average Bonchev–Trinajstić information content (AvgIpc) is 2.46. The van der Waals surface area contributed by atoms with Gasteiger partial charge < -0.3 is 5.32 Å². The van der Waals surface area contributed by atoms with Crippen LogP contribution in [-0.2, 0) is 4.79 Å². The first kappa shape index (κ1) is 16.3. The van der Waals surface area contributed by atoms with Crippen LogP contribution in [0.1, 0.15) is 38.2 Å². The summed E-state index contributed by atoms with van der Waals surface area (Å²) in [4.78, 5) is 11.9. The van der Waals surface area contributed by atoms with Gasteiger partial charge in [0.15, 0.2) is 0 Å². The summed E-state index contributed by atoms with van der Waals surface area (Å²) in [5, 5.41) is 12.4. The number of hydrogen-bond donors (Lipinski definition) is 1. The second-order valence-electron chi connectivity index (χ2n) is 4.54. The molecule has 106 valence electrons. The van der Waals surface area contributed by atoms with Crippen molar-refractivity contribution < 1.29 is 4.79 Å². The molecule has 0 heterocycles. The first-order valence-corrected chi connectivity index (χ1v) is 7.20. The van der Waals surface area contributed by atoms with Gasteiger partial charge in [0, 0.05) is 11.6 Å². The summed E-state index contributed by atoms with van der Waals surface area (Å²) in [5.74, 6) is -0.320. The molecule has 0 aromatic heterocycles. The van der Waals surface area contributed by atoms with Gasteiger partial charge in [-0.2, -0.15) is 5.26 Å². The Morgan fingerprint density at radius 2 is 2.00 bits per heavy atom. The molecule has 1 N–H and O–H groups in total. The number of carbonyl (C=O) groups excluding carboxylic acids is 1. The van der Waals surface area contributed by atoms with Crippen molar-refractivity contribution in [1.82, 2.24) is 5.32 Å². The van der Waals surface area contributed by atoms with E-state index < -0.39 is 0 Å². The minimum absolute atomic E-state index is 0.114. The minimum Gasteiger partial charge on any atom is -0.351 e. The molecule has 0 radical (unpaired) electrons. The van der Waals surface area contributed by atoms with E-state index in [-0.39, 0.29) is 11.5 Å². The fraction of sp³-hybridized carbons (Fsp3) is 0.375. The number of unbranched alkanes of at least 4 members (excludes halogenated alkanes) is 3. The van der Waals surface area contributed by atoms with Gasteiger partial charge in [-0.1, -0.05) is 49.9 Å². The molecule has 0 saturated heterocycles. The molecule has 0 aliphatic heterocycles. The fourth-order valence-electron chi connectivity index (χ4n) is 1.72. The Balaban J connectivity index is 2.55. The summed E-state index contributed by atoms with van der Waals surface area (Å²) in [6.07, 6.45) is 5.94. The van der Waals surface area contributed by atoms with E-state index in [4.69, 9.17) is 16.9 Å². The zero-order chi connectivity index (χ0) is 14.8. The lowest BCUT2D eigenvalue weighted by molar-refractivity contribution is -0.117.